The zero-order valence-electron chi connectivity index (χ0n) is 9.96. The average molecular weight is 225 g/mol. The number of hydrogen-bond donors (Lipinski definition) is 0. The molecule has 2 nitrogen and oxygen atoms in total. The molecule has 84 valence electrons. The van der Waals surface area contributed by atoms with Crippen LogP contribution >= 0.6 is 11.3 Å². The first-order chi connectivity index (χ1) is 7.00. The molecule has 0 saturated carbocycles. The summed E-state index contributed by atoms with van der Waals surface area (Å²) < 4.78 is 0. The highest BCUT2D eigenvalue weighted by atomic mass is 32.1. The van der Waals surface area contributed by atoms with Crippen LogP contribution in [-0.2, 0) is 11.2 Å². The van der Waals surface area contributed by atoms with Gasteiger partial charge in [-0.15, -0.1) is 11.3 Å². The van der Waals surface area contributed by atoms with Crippen molar-refractivity contribution in [2.75, 3.05) is 0 Å². The van der Waals surface area contributed by atoms with E-state index in [-0.39, 0.29) is 5.92 Å². The molecular weight excluding hydrogens is 206 g/mol. The molecule has 1 aromatic rings. The highest BCUT2D eigenvalue weighted by Gasteiger charge is 2.08. The van der Waals surface area contributed by atoms with Gasteiger partial charge in [-0.1, -0.05) is 13.8 Å². The normalized spacial score (nSPS) is 11.0. The highest BCUT2D eigenvalue weighted by Crippen LogP contribution is 2.18. The molecule has 0 amide bonds. The molecule has 0 N–H and O–H groups in total. The van der Waals surface area contributed by atoms with E-state index in [0.717, 1.165) is 18.5 Å². The molecule has 0 aliphatic carbocycles. The van der Waals surface area contributed by atoms with Crippen molar-refractivity contribution in [3.05, 3.63) is 15.6 Å². The Morgan fingerprint density at radius 2 is 2.07 bits per heavy atom. The third-order valence-electron chi connectivity index (χ3n) is 2.53. The Morgan fingerprint density at radius 3 is 2.53 bits per heavy atom. The van der Waals surface area contributed by atoms with Gasteiger partial charge in [0.1, 0.15) is 5.78 Å². The average Bonchev–Trinajstić information content (AvgIpc) is 2.46. The third kappa shape index (κ3) is 3.74. The lowest BCUT2D eigenvalue weighted by Gasteiger charge is -2.01. The van der Waals surface area contributed by atoms with Crippen LogP contribution in [-0.4, -0.2) is 10.8 Å². The van der Waals surface area contributed by atoms with E-state index in [1.165, 1.54) is 9.88 Å². The molecule has 0 aromatic carbocycles. The lowest BCUT2D eigenvalue weighted by molar-refractivity contribution is -0.121. The van der Waals surface area contributed by atoms with Crippen LogP contribution in [0.4, 0.5) is 0 Å². The van der Waals surface area contributed by atoms with E-state index in [9.17, 15) is 4.79 Å². The smallest absolute Gasteiger partial charge is 0.135 e. The van der Waals surface area contributed by atoms with E-state index >= 15 is 0 Å². The van der Waals surface area contributed by atoms with E-state index in [1.807, 2.05) is 20.8 Å². The van der Waals surface area contributed by atoms with Gasteiger partial charge in [0.2, 0.25) is 0 Å². The Labute approximate surface area is 95.7 Å². The van der Waals surface area contributed by atoms with Crippen molar-refractivity contribution < 1.29 is 4.79 Å². The molecular formula is C12H19NOS. The third-order valence-corrected chi connectivity index (χ3v) is 3.66. The monoisotopic (exact) mass is 225 g/mol. The van der Waals surface area contributed by atoms with Crippen molar-refractivity contribution in [2.24, 2.45) is 5.92 Å². The van der Waals surface area contributed by atoms with Crippen LogP contribution in [0.25, 0.3) is 0 Å². The quantitative estimate of drug-likeness (QED) is 0.769. The number of carbonyl (C=O) groups excluding carboxylic acids is 1. The molecule has 0 saturated heterocycles. The summed E-state index contributed by atoms with van der Waals surface area (Å²) in [5.41, 5.74) is 1.13. The summed E-state index contributed by atoms with van der Waals surface area (Å²) in [7, 11) is 0. The Kier molecular flexibility index (Phi) is 4.45. The van der Waals surface area contributed by atoms with Gasteiger partial charge in [-0.05, 0) is 26.7 Å². The maximum Gasteiger partial charge on any atom is 0.135 e. The maximum atomic E-state index is 11.4. The molecule has 15 heavy (non-hydrogen) atoms. The molecule has 0 atom stereocenters. The van der Waals surface area contributed by atoms with E-state index in [2.05, 4.69) is 11.9 Å². The maximum absolute atomic E-state index is 11.4. The predicted octanol–water partition coefficient (Wildman–Crippen LogP) is 3.31. The fraction of sp³-hybridized carbons (Fsp3) is 0.667. The Morgan fingerprint density at radius 1 is 1.40 bits per heavy atom. The van der Waals surface area contributed by atoms with Gasteiger partial charge in [0.05, 0.1) is 10.7 Å². The molecule has 0 aliphatic rings. The fourth-order valence-electron chi connectivity index (χ4n) is 1.35. The minimum atomic E-state index is 0.171. The molecule has 0 fully saturated rings. The molecule has 1 aromatic heterocycles. The summed E-state index contributed by atoms with van der Waals surface area (Å²) in [6.07, 6.45) is 2.57. The van der Waals surface area contributed by atoms with Crippen molar-refractivity contribution >= 4 is 17.1 Å². The van der Waals surface area contributed by atoms with Gasteiger partial charge in [-0.2, -0.15) is 0 Å². The molecule has 0 bridgehead atoms. The first-order valence-corrected chi connectivity index (χ1v) is 6.28. The van der Waals surface area contributed by atoms with Gasteiger partial charge >= 0.3 is 0 Å². The molecule has 0 aliphatic heterocycles. The van der Waals surface area contributed by atoms with Crippen LogP contribution in [0.15, 0.2) is 0 Å². The Balaban J connectivity index is 2.35. The molecule has 0 unspecified atom stereocenters. The standard InChI is InChI=1S/C12H19NOS/c1-8(2)11(14)6-5-7-12-13-9(3)10(4)15-12/h8H,5-7H2,1-4H3. The SMILES string of the molecule is Cc1nc(CCCC(=O)C(C)C)sc1C. The largest absolute Gasteiger partial charge is 0.299 e. The first kappa shape index (κ1) is 12.4. The van der Waals surface area contributed by atoms with E-state index in [1.54, 1.807) is 11.3 Å². The predicted molar refractivity (Wildman–Crippen MR) is 64.4 cm³/mol. The number of ketones is 1. The summed E-state index contributed by atoms with van der Waals surface area (Å²) >= 11 is 1.75. The number of nitrogens with zero attached hydrogens (tertiary/aromatic N) is 1. The number of aromatic nitrogens is 1. The minimum Gasteiger partial charge on any atom is -0.299 e. The zero-order valence-corrected chi connectivity index (χ0v) is 10.8. The van der Waals surface area contributed by atoms with Crippen molar-refractivity contribution in [3.8, 4) is 0 Å². The van der Waals surface area contributed by atoms with Crippen LogP contribution in [0.5, 0.6) is 0 Å². The second-order valence-corrected chi connectivity index (χ2v) is 5.51. The van der Waals surface area contributed by atoms with E-state index in [4.69, 9.17) is 0 Å². The topological polar surface area (TPSA) is 30.0 Å². The minimum absolute atomic E-state index is 0.171. The Hall–Kier alpha value is -0.700. The van der Waals surface area contributed by atoms with Crippen LogP contribution in [0.2, 0.25) is 0 Å². The number of rotatable bonds is 5. The number of aryl methyl sites for hydroxylation is 3. The van der Waals surface area contributed by atoms with Gasteiger partial charge < -0.3 is 0 Å². The van der Waals surface area contributed by atoms with Crippen LogP contribution in [0, 0.1) is 19.8 Å². The van der Waals surface area contributed by atoms with Crippen molar-refractivity contribution in [1.29, 1.82) is 0 Å². The highest BCUT2D eigenvalue weighted by molar-refractivity contribution is 7.11. The van der Waals surface area contributed by atoms with Crippen molar-refractivity contribution in [2.45, 2.75) is 47.0 Å². The molecule has 1 rings (SSSR count). The van der Waals surface area contributed by atoms with Gasteiger partial charge in [0.25, 0.3) is 0 Å². The van der Waals surface area contributed by atoms with Crippen molar-refractivity contribution in [1.82, 2.24) is 4.98 Å². The molecule has 1 heterocycles. The van der Waals surface area contributed by atoms with Crippen LogP contribution in [0.1, 0.15) is 42.3 Å². The summed E-state index contributed by atoms with van der Waals surface area (Å²) in [4.78, 5) is 17.1. The fourth-order valence-corrected chi connectivity index (χ4v) is 2.32. The lowest BCUT2D eigenvalue weighted by Crippen LogP contribution is -2.06. The Bertz CT molecular complexity index is 322. The van der Waals surface area contributed by atoms with Gasteiger partial charge in [-0.25, -0.2) is 4.98 Å². The number of Topliss-reactive ketones (excluding diaryl/α,β-unsaturated/α-hetero) is 1. The molecule has 0 radical (unpaired) electrons. The zero-order chi connectivity index (χ0) is 11.4. The summed E-state index contributed by atoms with van der Waals surface area (Å²) in [6.45, 7) is 8.05. The van der Waals surface area contributed by atoms with Gasteiger partial charge in [-0.3, -0.25) is 4.79 Å². The number of hydrogen-bond acceptors (Lipinski definition) is 3. The molecule has 3 heteroatoms. The number of thiazole rings is 1. The number of carbonyl (C=O) groups is 1. The van der Waals surface area contributed by atoms with Crippen molar-refractivity contribution in [3.63, 3.8) is 0 Å². The van der Waals surface area contributed by atoms with Gasteiger partial charge in [0.15, 0.2) is 0 Å². The first-order valence-electron chi connectivity index (χ1n) is 5.46. The van der Waals surface area contributed by atoms with Gasteiger partial charge in [0, 0.05) is 17.2 Å². The van der Waals surface area contributed by atoms with Crippen LogP contribution < -0.4 is 0 Å². The second-order valence-electron chi connectivity index (χ2n) is 4.22. The summed E-state index contributed by atoms with van der Waals surface area (Å²) in [5, 5.41) is 1.17. The lowest BCUT2D eigenvalue weighted by atomic mass is 10.0. The van der Waals surface area contributed by atoms with Crippen LogP contribution in [0.3, 0.4) is 0 Å². The summed E-state index contributed by atoms with van der Waals surface area (Å²) in [6, 6.07) is 0. The molecule has 0 spiro atoms. The van der Waals surface area contributed by atoms with E-state index < -0.39 is 0 Å². The summed E-state index contributed by atoms with van der Waals surface area (Å²) in [5.74, 6) is 0.532. The van der Waals surface area contributed by atoms with E-state index in [0.29, 0.717) is 12.2 Å². The second kappa shape index (κ2) is 5.40.